The number of likely N-dealkylation sites (tertiary alicyclic amines) is 1. The van der Waals surface area contributed by atoms with E-state index in [1.54, 1.807) is 0 Å². The third-order valence-electron chi connectivity index (χ3n) is 6.17. The molecule has 0 spiro atoms. The molecule has 0 saturated carbocycles. The van der Waals surface area contributed by atoms with Gasteiger partial charge in [-0.25, -0.2) is 0 Å². The third-order valence-corrected chi connectivity index (χ3v) is 6.17. The van der Waals surface area contributed by atoms with Crippen LogP contribution in [-0.4, -0.2) is 30.4 Å². The number of fused-ring (bicyclic) bond motifs is 1. The number of anilines is 1. The lowest BCUT2D eigenvalue weighted by atomic mass is 9.90. The van der Waals surface area contributed by atoms with Crippen LogP contribution in [0.25, 0.3) is 0 Å². The van der Waals surface area contributed by atoms with Gasteiger partial charge in [-0.2, -0.15) is 0 Å². The number of hydrogen-bond donors (Lipinski definition) is 1. The fraction of sp³-hybridized carbons (Fsp3) is 0.458. The van der Waals surface area contributed by atoms with Gasteiger partial charge < -0.3 is 10.2 Å². The molecule has 1 N–H and O–H groups in total. The molecule has 3 nitrogen and oxygen atoms in total. The van der Waals surface area contributed by atoms with E-state index in [0.717, 1.165) is 31.0 Å². The van der Waals surface area contributed by atoms with Gasteiger partial charge in [0.05, 0.1) is 0 Å². The van der Waals surface area contributed by atoms with E-state index in [0.29, 0.717) is 6.42 Å². The molecule has 2 aromatic carbocycles. The number of hydrogen-bond acceptors (Lipinski definition) is 2. The van der Waals surface area contributed by atoms with Crippen molar-refractivity contribution >= 4 is 24.0 Å². The molecule has 0 bridgehead atoms. The Bertz CT molecular complexity index is 769. The lowest BCUT2D eigenvalue weighted by Crippen LogP contribution is -2.35. The highest BCUT2D eigenvalue weighted by molar-refractivity contribution is 5.93. The van der Waals surface area contributed by atoms with E-state index in [-0.39, 0.29) is 18.3 Å². The van der Waals surface area contributed by atoms with Crippen molar-refractivity contribution in [1.29, 1.82) is 0 Å². The summed E-state index contributed by atoms with van der Waals surface area (Å²) >= 11 is 0. The smallest absolute Gasteiger partial charge is 0.224 e. The number of carbonyl (C=O) groups is 1. The van der Waals surface area contributed by atoms with Crippen molar-refractivity contribution in [2.75, 3.05) is 25.0 Å². The van der Waals surface area contributed by atoms with Crippen molar-refractivity contribution in [1.82, 2.24) is 4.90 Å². The van der Waals surface area contributed by atoms with Crippen LogP contribution < -0.4 is 5.32 Å². The number of aryl methyl sites for hydroxylation is 2. The molecule has 0 unspecified atom stereocenters. The van der Waals surface area contributed by atoms with Gasteiger partial charge >= 0.3 is 0 Å². The maximum Gasteiger partial charge on any atom is 0.224 e. The maximum atomic E-state index is 11.5. The fourth-order valence-electron chi connectivity index (χ4n) is 4.39. The van der Waals surface area contributed by atoms with Gasteiger partial charge in [-0.3, -0.25) is 4.79 Å². The fourth-order valence-corrected chi connectivity index (χ4v) is 4.39. The Labute approximate surface area is 174 Å². The number of nitrogens with one attached hydrogen (secondary N) is 1. The molecule has 28 heavy (non-hydrogen) atoms. The average Bonchev–Trinajstić information content (AvgIpc) is 2.72. The first kappa shape index (κ1) is 20.9. The summed E-state index contributed by atoms with van der Waals surface area (Å²) in [5.41, 5.74) is 5.18. The number of piperidine rings is 1. The minimum Gasteiger partial charge on any atom is -0.326 e. The van der Waals surface area contributed by atoms with Crippen molar-refractivity contribution in [3.05, 3.63) is 65.2 Å². The van der Waals surface area contributed by atoms with Gasteiger partial charge in [0, 0.05) is 18.7 Å². The van der Waals surface area contributed by atoms with E-state index in [1.807, 2.05) is 0 Å². The monoisotopic (exact) mass is 398 g/mol. The predicted molar refractivity (Wildman–Crippen MR) is 118 cm³/mol. The van der Waals surface area contributed by atoms with Crippen molar-refractivity contribution < 1.29 is 4.79 Å². The molecular formula is C24H31ClN2O. The number of benzene rings is 2. The number of amides is 1. The zero-order chi connectivity index (χ0) is 18.5. The van der Waals surface area contributed by atoms with Crippen LogP contribution in [0.4, 0.5) is 5.69 Å². The molecule has 4 rings (SSSR count). The summed E-state index contributed by atoms with van der Waals surface area (Å²) in [6.45, 7) is 3.62. The molecule has 2 heterocycles. The molecule has 2 aliphatic rings. The molecule has 2 aliphatic heterocycles. The average molecular weight is 399 g/mol. The highest BCUT2D eigenvalue weighted by Gasteiger charge is 2.19. The number of rotatable bonds is 6. The van der Waals surface area contributed by atoms with E-state index in [2.05, 4.69) is 58.7 Å². The third kappa shape index (κ3) is 5.59. The molecule has 0 atom stereocenters. The van der Waals surface area contributed by atoms with E-state index in [1.165, 1.54) is 55.5 Å². The highest BCUT2D eigenvalue weighted by Crippen LogP contribution is 2.25. The van der Waals surface area contributed by atoms with Gasteiger partial charge in [-0.05, 0) is 80.3 Å². The van der Waals surface area contributed by atoms with Gasteiger partial charge in [-0.1, -0.05) is 42.5 Å². The Morgan fingerprint density at radius 3 is 2.50 bits per heavy atom. The van der Waals surface area contributed by atoms with Crippen molar-refractivity contribution in [3.8, 4) is 0 Å². The molecule has 150 valence electrons. The summed E-state index contributed by atoms with van der Waals surface area (Å²) in [6, 6.07) is 17.4. The Kier molecular flexibility index (Phi) is 7.52. The second-order valence-electron chi connectivity index (χ2n) is 8.10. The van der Waals surface area contributed by atoms with Gasteiger partial charge in [-0.15, -0.1) is 12.4 Å². The van der Waals surface area contributed by atoms with E-state index in [4.69, 9.17) is 0 Å². The van der Waals surface area contributed by atoms with Crippen LogP contribution in [0.1, 0.15) is 42.4 Å². The lowest BCUT2D eigenvalue weighted by Gasteiger charge is -2.32. The topological polar surface area (TPSA) is 32.3 Å². The van der Waals surface area contributed by atoms with Crippen molar-refractivity contribution in [2.24, 2.45) is 5.92 Å². The lowest BCUT2D eigenvalue weighted by molar-refractivity contribution is -0.116. The van der Waals surface area contributed by atoms with Gasteiger partial charge in [0.1, 0.15) is 0 Å². The summed E-state index contributed by atoms with van der Waals surface area (Å²) in [5, 5.41) is 2.97. The first-order chi connectivity index (χ1) is 13.3. The summed E-state index contributed by atoms with van der Waals surface area (Å²) < 4.78 is 0. The van der Waals surface area contributed by atoms with E-state index >= 15 is 0 Å². The normalized spacial score (nSPS) is 17.5. The molecule has 1 saturated heterocycles. The van der Waals surface area contributed by atoms with Gasteiger partial charge in [0.2, 0.25) is 5.91 Å². The Morgan fingerprint density at radius 2 is 1.71 bits per heavy atom. The van der Waals surface area contributed by atoms with E-state index < -0.39 is 0 Å². The zero-order valence-electron chi connectivity index (χ0n) is 16.5. The van der Waals surface area contributed by atoms with Crippen LogP contribution in [0.2, 0.25) is 0 Å². The second-order valence-corrected chi connectivity index (χ2v) is 8.10. The minimum absolute atomic E-state index is 0. The van der Waals surface area contributed by atoms with Crippen molar-refractivity contribution in [2.45, 2.75) is 44.9 Å². The molecule has 0 radical (unpaired) electrons. The van der Waals surface area contributed by atoms with Gasteiger partial charge in [0.25, 0.3) is 0 Å². The van der Waals surface area contributed by atoms with Crippen LogP contribution in [0, 0.1) is 5.92 Å². The summed E-state index contributed by atoms with van der Waals surface area (Å²) in [6.07, 6.45) is 7.82. The zero-order valence-corrected chi connectivity index (χ0v) is 17.3. The largest absolute Gasteiger partial charge is 0.326 e. The molecule has 0 aliphatic carbocycles. The minimum atomic E-state index is 0. The van der Waals surface area contributed by atoms with Crippen molar-refractivity contribution in [3.63, 3.8) is 0 Å². The van der Waals surface area contributed by atoms with E-state index in [9.17, 15) is 4.79 Å². The van der Waals surface area contributed by atoms with Crippen LogP contribution in [0.15, 0.2) is 48.5 Å². The molecule has 4 heteroatoms. The van der Waals surface area contributed by atoms with Crippen LogP contribution in [-0.2, 0) is 24.1 Å². The Hall–Kier alpha value is -1.84. The molecule has 0 aromatic heterocycles. The number of nitrogens with zero attached hydrogens (tertiary/aromatic N) is 1. The quantitative estimate of drug-likeness (QED) is 0.752. The molecular weight excluding hydrogens is 368 g/mol. The van der Waals surface area contributed by atoms with Crippen LogP contribution >= 0.6 is 12.4 Å². The maximum absolute atomic E-state index is 11.5. The summed E-state index contributed by atoms with van der Waals surface area (Å²) in [5.74, 6) is 1.03. The standard InChI is InChI=1S/C24H30N2O.ClH/c27-24-11-9-22-18-21(8-10-23(22)25-24)14-17-26-15-12-20(13-16-26)7-6-19-4-2-1-3-5-19;/h1-5,8,10,18,20H,6-7,9,11-17H2,(H,25,27);1H. The predicted octanol–water partition coefficient (Wildman–Crippen LogP) is 4.88. The molecule has 2 aromatic rings. The molecule has 1 fully saturated rings. The number of halogens is 1. The SMILES string of the molecule is Cl.O=C1CCc2cc(CCN3CCC(CCc4ccccc4)CC3)ccc2N1. The first-order valence-electron chi connectivity index (χ1n) is 10.4. The van der Waals surface area contributed by atoms with Gasteiger partial charge in [0.15, 0.2) is 0 Å². The number of carbonyl (C=O) groups excluding carboxylic acids is 1. The van der Waals surface area contributed by atoms with Crippen LogP contribution in [0.3, 0.4) is 0 Å². The Balaban J connectivity index is 0.00000225. The molecule has 1 amide bonds. The summed E-state index contributed by atoms with van der Waals surface area (Å²) in [7, 11) is 0. The Morgan fingerprint density at radius 1 is 0.929 bits per heavy atom. The highest BCUT2D eigenvalue weighted by atomic mass is 35.5. The van der Waals surface area contributed by atoms with Crippen LogP contribution in [0.5, 0.6) is 0 Å². The first-order valence-corrected chi connectivity index (χ1v) is 10.4. The second kappa shape index (κ2) is 10.1. The summed E-state index contributed by atoms with van der Waals surface area (Å²) in [4.78, 5) is 14.1.